The molecule has 22 heavy (non-hydrogen) atoms. The summed E-state index contributed by atoms with van der Waals surface area (Å²) in [4.78, 5) is 23.1. The summed E-state index contributed by atoms with van der Waals surface area (Å²) >= 11 is 0. The zero-order valence-corrected chi connectivity index (χ0v) is 12.5. The van der Waals surface area contributed by atoms with Crippen molar-refractivity contribution in [1.29, 1.82) is 0 Å². The first kappa shape index (κ1) is 15.9. The molecule has 0 aliphatic heterocycles. The highest BCUT2D eigenvalue weighted by molar-refractivity contribution is 8.12. The second-order valence-electron chi connectivity index (χ2n) is 4.32. The van der Waals surface area contributed by atoms with Gasteiger partial charge in [0.2, 0.25) is 10.8 Å². The topological polar surface area (TPSA) is 69.7 Å². The van der Waals surface area contributed by atoms with Gasteiger partial charge in [-0.2, -0.15) is 0 Å². The molecule has 0 aliphatic rings. The Bertz CT molecular complexity index is 597. The second-order valence-corrected chi connectivity index (χ2v) is 5.52. The molecule has 6 heteroatoms. The van der Waals surface area contributed by atoms with Crippen LogP contribution in [-0.2, 0) is 33.5 Å². The van der Waals surface area contributed by atoms with Gasteiger partial charge in [0.05, 0.1) is 0 Å². The van der Waals surface area contributed by atoms with Crippen molar-refractivity contribution in [2.75, 3.05) is 0 Å². The van der Waals surface area contributed by atoms with Gasteiger partial charge in [0.15, 0.2) is 0 Å². The Balaban J connectivity index is 1.80. The van der Waals surface area contributed by atoms with E-state index >= 15 is 0 Å². The zero-order valence-electron chi connectivity index (χ0n) is 11.6. The van der Waals surface area contributed by atoms with Crippen molar-refractivity contribution in [3.63, 3.8) is 0 Å². The fourth-order valence-corrected chi connectivity index (χ4v) is 2.08. The number of ether oxygens (including phenoxy) is 2. The van der Waals surface area contributed by atoms with Crippen molar-refractivity contribution in [2.24, 2.45) is 0 Å². The van der Waals surface area contributed by atoms with Crippen LogP contribution in [0, 0.1) is 0 Å². The minimum Gasteiger partial charge on any atom is -0.451 e. The van der Waals surface area contributed by atoms with E-state index in [0.717, 1.165) is 11.1 Å². The third-order valence-electron chi connectivity index (χ3n) is 2.70. The lowest BCUT2D eigenvalue weighted by Crippen LogP contribution is -2.19. The Morgan fingerprint density at radius 2 is 1.09 bits per heavy atom. The first-order valence-corrected chi connectivity index (χ1v) is 7.65. The Hall–Kier alpha value is -2.47. The third kappa shape index (κ3) is 4.82. The molecule has 114 valence electrons. The van der Waals surface area contributed by atoms with E-state index in [1.54, 1.807) is 48.5 Å². The fourth-order valence-electron chi connectivity index (χ4n) is 1.61. The van der Waals surface area contributed by atoms with Crippen molar-refractivity contribution in [1.82, 2.24) is 0 Å². The lowest BCUT2D eigenvalue weighted by Gasteiger charge is -2.05. The number of hydrogen-bond acceptors (Lipinski definition) is 5. The Morgan fingerprint density at radius 3 is 1.45 bits per heavy atom. The highest BCUT2D eigenvalue weighted by atomic mass is 32.2. The van der Waals surface area contributed by atoms with Crippen LogP contribution in [0.5, 0.6) is 0 Å². The van der Waals surface area contributed by atoms with Crippen LogP contribution in [0.4, 0.5) is 9.59 Å². The average molecular weight is 318 g/mol. The quantitative estimate of drug-likeness (QED) is 0.808. The number of carbonyl (C=O) groups excluding carboxylic acids is 2. The van der Waals surface area contributed by atoms with E-state index in [9.17, 15) is 13.8 Å². The maximum Gasteiger partial charge on any atom is 0.409 e. The van der Waals surface area contributed by atoms with Gasteiger partial charge in [-0.05, 0) is 11.1 Å². The lowest BCUT2D eigenvalue weighted by molar-refractivity contribution is 0.160. The molecule has 0 spiro atoms. The van der Waals surface area contributed by atoms with Crippen LogP contribution in [0.25, 0.3) is 0 Å². The van der Waals surface area contributed by atoms with Gasteiger partial charge in [0.25, 0.3) is 0 Å². The Labute approximate surface area is 130 Å². The van der Waals surface area contributed by atoms with Gasteiger partial charge in [0, 0.05) is 0 Å². The molecule has 0 atom stereocenters. The van der Waals surface area contributed by atoms with E-state index in [2.05, 4.69) is 0 Å². The van der Waals surface area contributed by atoms with E-state index in [4.69, 9.17) is 9.47 Å². The van der Waals surface area contributed by atoms with Gasteiger partial charge in [-0.25, -0.2) is 13.8 Å². The van der Waals surface area contributed by atoms with Crippen molar-refractivity contribution >= 4 is 21.4 Å². The molecule has 0 saturated heterocycles. The van der Waals surface area contributed by atoms with Crippen LogP contribution in [0.1, 0.15) is 11.1 Å². The van der Waals surface area contributed by atoms with Crippen LogP contribution >= 0.6 is 0 Å². The summed E-state index contributed by atoms with van der Waals surface area (Å²) in [6, 6.07) is 17.8. The van der Waals surface area contributed by atoms with E-state index in [1.807, 2.05) is 12.1 Å². The molecule has 0 aliphatic carbocycles. The van der Waals surface area contributed by atoms with E-state index in [0.29, 0.717) is 0 Å². The van der Waals surface area contributed by atoms with Gasteiger partial charge in [-0.1, -0.05) is 60.7 Å². The molecule has 0 bridgehead atoms. The maximum atomic E-state index is 11.6. The van der Waals surface area contributed by atoms with Gasteiger partial charge >= 0.3 is 10.6 Å². The molecule has 0 N–H and O–H groups in total. The third-order valence-corrected chi connectivity index (χ3v) is 3.54. The average Bonchev–Trinajstić information content (AvgIpc) is 2.58. The highest BCUT2D eigenvalue weighted by Gasteiger charge is 2.24. The van der Waals surface area contributed by atoms with Crippen LogP contribution in [0.15, 0.2) is 60.7 Å². The summed E-state index contributed by atoms with van der Waals surface area (Å²) < 4.78 is 21.3. The fraction of sp³-hybridized carbons (Fsp3) is 0.125. The molecule has 0 unspecified atom stereocenters. The number of hydrogen-bond donors (Lipinski definition) is 0. The Kier molecular flexibility index (Phi) is 5.85. The predicted molar refractivity (Wildman–Crippen MR) is 81.4 cm³/mol. The largest absolute Gasteiger partial charge is 0.451 e. The standard InChI is InChI=1S/C16H14O5S/c17-15(20-11-13-7-3-1-4-8-13)22(19)16(18)21-12-14-9-5-2-6-10-14/h1-10H,11-12H2. The van der Waals surface area contributed by atoms with Crippen molar-refractivity contribution in [2.45, 2.75) is 13.2 Å². The highest BCUT2D eigenvalue weighted by Crippen LogP contribution is 2.06. The van der Waals surface area contributed by atoms with Crippen molar-refractivity contribution in [3.05, 3.63) is 71.8 Å². The number of carbonyl (C=O) groups is 2. The first-order valence-electron chi connectivity index (χ1n) is 6.50. The normalized spacial score (nSPS) is 10.2. The van der Waals surface area contributed by atoms with Gasteiger partial charge in [0.1, 0.15) is 13.2 Å². The molecule has 2 aromatic carbocycles. The molecule has 2 rings (SSSR count). The molecule has 2 aromatic rings. The summed E-state index contributed by atoms with van der Waals surface area (Å²) in [5, 5.41) is -2.22. The summed E-state index contributed by atoms with van der Waals surface area (Å²) in [5.74, 6) is 0. The summed E-state index contributed by atoms with van der Waals surface area (Å²) in [5.41, 5.74) is 1.48. The van der Waals surface area contributed by atoms with Crippen LogP contribution in [-0.4, -0.2) is 14.8 Å². The summed E-state index contributed by atoms with van der Waals surface area (Å²) in [6.45, 7) is -0.0885. The molecular weight excluding hydrogens is 304 g/mol. The SMILES string of the molecule is O=C(OCc1ccccc1)S(=O)C(=O)OCc1ccccc1. The van der Waals surface area contributed by atoms with E-state index < -0.39 is 21.4 Å². The molecule has 0 fully saturated rings. The molecule has 0 heterocycles. The molecule has 0 radical (unpaired) electrons. The molecule has 5 nitrogen and oxygen atoms in total. The molecule has 0 amide bonds. The molecule has 0 aromatic heterocycles. The predicted octanol–water partition coefficient (Wildman–Crippen LogP) is 3.41. The minimum atomic E-state index is -2.48. The van der Waals surface area contributed by atoms with Crippen molar-refractivity contribution in [3.8, 4) is 0 Å². The lowest BCUT2D eigenvalue weighted by atomic mass is 10.2. The monoisotopic (exact) mass is 318 g/mol. The number of rotatable bonds is 4. The summed E-state index contributed by atoms with van der Waals surface area (Å²) in [7, 11) is -2.48. The Morgan fingerprint density at radius 1 is 0.727 bits per heavy atom. The molecular formula is C16H14O5S. The van der Waals surface area contributed by atoms with Gasteiger partial charge < -0.3 is 9.47 Å². The zero-order chi connectivity index (χ0) is 15.8. The minimum absolute atomic E-state index is 0.0443. The second kappa shape index (κ2) is 8.09. The van der Waals surface area contributed by atoms with Crippen LogP contribution in [0.2, 0.25) is 0 Å². The smallest absolute Gasteiger partial charge is 0.409 e. The van der Waals surface area contributed by atoms with Gasteiger partial charge in [-0.3, -0.25) is 0 Å². The van der Waals surface area contributed by atoms with Crippen LogP contribution < -0.4 is 0 Å². The number of benzene rings is 2. The first-order chi connectivity index (χ1) is 10.7. The summed E-state index contributed by atoms with van der Waals surface area (Å²) in [6.07, 6.45) is 0. The van der Waals surface area contributed by atoms with E-state index in [-0.39, 0.29) is 13.2 Å². The van der Waals surface area contributed by atoms with Gasteiger partial charge in [-0.15, -0.1) is 0 Å². The maximum absolute atomic E-state index is 11.6. The van der Waals surface area contributed by atoms with Crippen LogP contribution in [0.3, 0.4) is 0 Å². The van der Waals surface area contributed by atoms with E-state index in [1.165, 1.54) is 0 Å². The van der Waals surface area contributed by atoms with Crippen molar-refractivity contribution < 1.29 is 23.3 Å². The molecule has 0 saturated carbocycles.